The van der Waals surface area contributed by atoms with Crippen molar-refractivity contribution in [3.05, 3.63) is 0 Å². The molecular weight excluding hydrogens is 772 g/mol. The highest BCUT2D eigenvalue weighted by molar-refractivity contribution is 5.92. The standard InChI is InChI=1S/C41H68N4O14/c1-6-26(22-55-41-36(52)35(51)33(49)24(4)57-41)19-28(38(53)43-15-14-42-31(48)7-2)18-23(3)56-40-32(44-25(5)47)37(34(50)30(21-46)59-40)58-29(39(54)45-16-11-17-45)20-27-12-9-8-10-13-27/h2,23-24,26-30,32-37,40-41,46,49-52H,6,8-22H2,1,3-5H3,(H,42,48)(H,43,53)(H,44,47)/t23-,24?,26+,28?,29-,30-,32?,33?,34?,35?,36?,37?,40+,41?/m0/s1. The summed E-state index contributed by atoms with van der Waals surface area (Å²) < 4.78 is 30.5. The van der Waals surface area contributed by atoms with E-state index in [1.54, 1.807) is 18.7 Å². The Balaban J connectivity index is 1.51. The fourth-order valence-corrected chi connectivity index (χ4v) is 8.29. The van der Waals surface area contributed by atoms with E-state index < -0.39 is 97.9 Å². The zero-order valence-electron chi connectivity index (χ0n) is 34.9. The van der Waals surface area contributed by atoms with Crippen LogP contribution in [0, 0.1) is 30.1 Å². The number of hydrogen-bond acceptors (Lipinski definition) is 14. The Kier molecular flexibility index (Phi) is 19.7. The number of terminal acetylenes is 1. The van der Waals surface area contributed by atoms with E-state index in [1.165, 1.54) is 6.92 Å². The number of amides is 4. The van der Waals surface area contributed by atoms with E-state index in [2.05, 4.69) is 16.0 Å². The summed E-state index contributed by atoms with van der Waals surface area (Å²) in [6.45, 7) is 7.28. The van der Waals surface area contributed by atoms with Crippen LogP contribution >= 0.6 is 0 Å². The zero-order chi connectivity index (χ0) is 43.2. The van der Waals surface area contributed by atoms with E-state index >= 15 is 0 Å². The molecule has 9 unspecified atom stereocenters. The molecule has 18 heteroatoms. The van der Waals surface area contributed by atoms with Crippen molar-refractivity contribution in [2.45, 2.75) is 165 Å². The lowest BCUT2D eigenvalue weighted by atomic mass is 9.85. The van der Waals surface area contributed by atoms with Crippen molar-refractivity contribution in [3.63, 3.8) is 0 Å². The van der Waals surface area contributed by atoms with E-state index in [1.807, 2.05) is 12.8 Å². The van der Waals surface area contributed by atoms with Crippen LogP contribution in [0.4, 0.5) is 0 Å². The lowest BCUT2D eigenvalue weighted by Crippen LogP contribution is -2.67. The minimum absolute atomic E-state index is 0.0363. The molecule has 4 rings (SSSR count). The highest BCUT2D eigenvalue weighted by Crippen LogP contribution is 2.33. The molecule has 59 heavy (non-hydrogen) atoms. The molecule has 4 amide bonds. The molecule has 3 aliphatic heterocycles. The van der Waals surface area contributed by atoms with Gasteiger partial charge in [-0.3, -0.25) is 19.2 Å². The molecule has 8 N–H and O–H groups in total. The molecule has 0 spiro atoms. The first-order valence-corrected chi connectivity index (χ1v) is 21.3. The van der Waals surface area contributed by atoms with E-state index in [9.17, 15) is 44.7 Å². The largest absolute Gasteiger partial charge is 0.394 e. The normalized spacial score (nSPS) is 32.1. The molecule has 1 aliphatic carbocycles. The first kappa shape index (κ1) is 48.7. The maximum absolute atomic E-state index is 13.8. The lowest BCUT2D eigenvalue weighted by Gasteiger charge is -2.46. The number of rotatable bonds is 21. The van der Waals surface area contributed by atoms with Gasteiger partial charge >= 0.3 is 0 Å². The summed E-state index contributed by atoms with van der Waals surface area (Å²) in [5, 5.41) is 60.8. The zero-order valence-corrected chi connectivity index (χ0v) is 34.9. The van der Waals surface area contributed by atoms with E-state index in [0.29, 0.717) is 25.9 Å². The highest BCUT2D eigenvalue weighted by atomic mass is 16.7. The van der Waals surface area contributed by atoms with E-state index in [-0.39, 0.29) is 56.2 Å². The third kappa shape index (κ3) is 14.0. The number of aliphatic hydroxyl groups is 5. The third-order valence-corrected chi connectivity index (χ3v) is 12.0. The molecule has 1 saturated carbocycles. The van der Waals surface area contributed by atoms with Gasteiger partial charge in [-0.05, 0) is 57.3 Å². The number of likely N-dealkylation sites (tertiary alicyclic amines) is 1. The first-order valence-electron chi connectivity index (χ1n) is 21.3. The van der Waals surface area contributed by atoms with Crippen molar-refractivity contribution in [3.8, 4) is 12.3 Å². The smallest absolute Gasteiger partial charge is 0.295 e. The van der Waals surface area contributed by atoms with E-state index in [4.69, 9.17) is 30.1 Å². The minimum atomic E-state index is -1.50. The summed E-state index contributed by atoms with van der Waals surface area (Å²) in [4.78, 5) is 53.5. The second-order valence-electron chi connectivity index (χ2n) is 16.5. The number of carbonyl (C=O) groups is 4. The van der Waals surface area contributed by atoms with Crippen LogP contribution in [0.2, 0.25) is 0 Å². The monoisotopic (exact) mass is 840 g/mol. The van der Waals surface area contributed by atoms with Gasteiger partial charge in [0.2, 0.25) is 11.8 Å². The second kappa shape index (κ2) is 23.9. The number of nitrogens with zero attached hydrogens (tertiary/aromatic N) is 1. The summed E-state index contributed by atoms with van der Waals surface area (Å²) in [5.41, 5.74) is 0. The minimum Gasteiger partial charge on any atom is -0.394 e. The Morgan fingerprint density at radius 2 is 1.59 bits per heavy atom. The Hall–Kier alpha value is -2.96. The van der Waals surface area contributed by atoms with Crippen LogP contribution in [0.15, 0.2) is 0 Å². The Bertz CT molecular complexity index is 1390. The van der Waals surface area contributed by atoms with Crippen LogP contribution in [0.25, 0.3) is 0 Å². The molecule has 14 atom stereocenters. The Morgan fingerprint density at radius 1 is 0.898 bits per heavy atom. The van der Waals surface area contributed by atoms with Gasteiger partial charge in [0.15, 0.2) is 12.6 Å². The van der Waals surface area contributed by atoms with Crippen molar-refractivity contribution in [2.75, 3.05) is 39.4 Å². The fourth-order valence-electron chi connectivity index (χ4n) is 8.29. The molecule has 18 nitrogen and oxygen atoms in total. The van der Waals surface area contributed by atoms with Gasteiger partial charge in [0, 0.05) is 39.0 Å². The van der Waals surface area contributed by atoms with Crippen molar-refractivity contribution in [1.29, 1.82) is 0 Å². The molecule has 0 aromatic heterocycles. The summed E-state index contributed by atoms with van der Waals surface area (Å²) in [7, 11) is 0. The van der Waals surface area contributed by atoms with Crippen molar-refractivity contribution >= 4 is 23.6 Å². The molecule has 4 aliphatic rings. The molecule has 0 bridgehead atoms. The van der Waals surface area contributed by atoms with Gasteiger partial charge in [-0.1, -0.05) is 45.4 Å². The van der Waals surface area contributed by atoms with Crippen molar-refractivity contribution in [2.24, 2.45) is 17.8 Å². The highest BCUT2D eigenvalue weighted by Gasteiger charge is 2.50. The van der Waals surface area contributed by atoms with Gasteiger partial charge in [0.25, 0.3) is 11.8 Å². The molecular formula is C41H68N4O14. The van der Waals surface area contributed by atoms with Crippen LogP contribution in [-0.2, 0) is 42.9 Å². The molecule has 336 valence electrons. The summed E-state index contributed by atoms with van der Waals surface area (Å²) in [6, 6.07) is -1.10. The van der Waals surface area contributed by atoms with Gasteiger partial charge < -0.3 is 70.1 Å². The molecule has 0 aromatic carbocycles. The van der Waals surface area contributed by atoms with Gasteiger partial charge in [-0.2, -0.15) is 0 Å². The van der Waals surface area contributed by atoms with Gasteiger partial charge in [-0.15, -0.1) is 6.42 Å². The summed E-state index contributed by atoms with van der Waals surface area (Å²) in [6.07, 6.45) is -0.402. The second-order valence-corrected chi connectivity index (χ2v) is 16.5. The average molecular weight is 841 g/mol. The summed E-state index contributed by atoms with van der Waals surface area (Å²) in [5.74, 6) is -0.399. The molecule has 0 aromatic rings. The summed E-state index contributed by atoms with van der Waals surface area (Å²) >= 11 is 0. The number of hydrogen-bond donors (Lipinski definition) is 8. The predicted molar refractivity (Wildman–Crippen MR) is 211 cm³/mol. The first-order chi connectivity index (χ1) is 28.2. The lowest BCUT2D eigenvalue weighted by molar-refractivity contribution is -0.295. The van der Waals surface area contributed by atoms with Crippen LogP contribution in [0.1, 0.15) is 91.9 Å². The molecule has 3 heterocycles. The van der Waals surface area contributed by atoms with E-state index in [0.717, 1.165) is 38.5 Å². The SMILES string of the molecule is C#CC(=O)NCCNC(=O)C(C[C@@H](CC)COC1OC(C)C(O)C(O)C1O)C[C@H](C)O[C@@H]1O[C@@H](CO)C(O)C(O[C@@H](CC2CCCCC2)C(=O)N2CCC2)C1NC(C)=O. The number of aliphatic hydroxyl groups excluding tert-OH is 5. The van der Waals surface area contributed by atoms with Crippen molar-refractivity contribution < 1.29 is 68.4 Å². The van der Waals surface area contributed by atoms with Gasteiger partial charge in [0.1, 0.15) is 48.8 Å². The van der Waals surface area contributed by atoms with Crippen LogP contribution in [0.3, 0.4) is 0 Å². The Labute approximate surface area is 347 Å². The quantitative estimate of drug-likeness (QED) is 0.0514. The predicted octanol–water partition coefficient (Wildman–Crippen LogP) is -0.937. The van der Waals surface area contributed by atoms with Crippen molar-refractivity contribution in [1.82, 2.24) is 20.9 Å². The van der Waals surface area contributed by atoms with Gasteiger partial charge in [0.05, 0.1) is 25.4 Å². The van der Waals surface area contributed by atoms with Crippen LogP contribution < -0.4 is 16.0 Å². The fraction of sp³-hybridized carbons (Fsp3) is 0.854. The van der Waals surface area contributed by atoms with Crippen LogP contribution in [0.5, 0.6) is 0 Å². The Morgan fingerprint density at radius 3 is 2.20 bits per heavy atom. The molecule has 0 radical (unpaired) electrons. The maximum Gasteiger partial charge on any atom is 0.295 e. The maximum atomic E-state index is 13.8. The molecule has 4 fully saturated rings. The number of nitrogens with one attached hydrogen (secondary N) is 3. The number of carbonyl (C=O) groups excluding carboxylic acids is 4. The third-order valence-electron chi connectivity index (χ3n) is 12.0. The average Bonchev–Trinajstić information content (AvgIpc) is 3.19. The molecule has 3 saturated heterocycles. The van der Waals surface area contributed by atoms with Gasteiger partial charge in [-0.25, -0.2) is 0 Å². The number of ether oxygens (including phenoxy) is 5. The van der Waals surface area contributed by atoms with Crippen LogP contribution in [-0.4, -0.2) is 167 Å². The topological polar surface area (TPSA) is 255 Å².